The second-order valence-corrected chi connectivity index (χ2v) is 2.89. The molecule has 0 saturated heterocycles. The van der Waals surface area contributed by atoms with Crippen molar-refractivity contribution in [1.29, 1.82) is 0 Å². The van der Waals surface area contributed by atoms with Gasteiger partial charge in [-0.15, -0.1) is 0 Å². The molecular weight excluding hydrogens is 142 g/mol. The predicted molar refractivity (Wildman–Crippen MR) is 44.2 cm³/mol. The first-order valence-electron chi connectivity index (χ1n) is 3.75. The van der Waals surface area contributed by atoms with Gasteiger partial charge in [0.15, 0.2) is 0 Å². The molecule has 0 heterocycles. The van der Waals surface area contributed by atoms with Crippen LogP contribution in [0.25, 0.3) is 0 Å². The quantitative estimate of drug-likeness (QED) is 0.623. The Labute approximate surface area is 68.3 Å². The summed E-state index contributed by atoms with van der Waals surface area (Å²) in [6.07, 6.45) is -0.297. The van der Waals surface area contributed by atoms with Gasteiger partial charge < -0.3 is 9.64 Å². The molecule has 0 aromatic carbocycles. The molecule has 0 bridgehead atoms. The first-order valence-corrected chi connectivity index (χ1v) is 3.75. The molecule has 0 aromatic heterocycles. The Bertz CT molecular complexity index is 123. The van der Waals surface area contributed by atoms with Gasteiger partial charge in [0, 0.05) is 13.6 Å². The van der Waals surface area contributed by atoms with E-state index in [0.717, 1.165) is 0 Å². The van der Waals surface area contributed by atoms with Crippen LogP contribution in [0.2, 0.25) is 0 Å². The Morgan fingerprint density at radius 2 is 2.18 bits per heavy atom. The van der Waals surface area contributed by atoms with Crippen LogP contribution in [-0.4, -0.2) is 31.2 Å². The first-order chi connectivity index (χ1) is 5.07. The third kappa shape index (κ3) is 4.65. The van der Waals surface area contributed by atoms with Crippen LogP contribution in [0.3, 0.4) is 0 Å². The molecule has 0 spiro atoms. The Kier molecular flexibility index (Phi) is 4.66. The second-order valence-electron chi connectivity index (χ2n) is 2.89. The average Bonchev–Trinajstić information content (AvgIpc) is 1.98. The van der Waals surface area contributed by atoms with Crippen molar-refractivity contribution in [3.63, 3.8) is 0 Å². The molecule has 11 heavy (non-hydrogen) atoms. The van der Waals surface area contributed by atoms with Crippen molar-refractivity contribution in [1.82, 2.24) is 4.90 Å². The molecule has 0 rings (SSSR count). The molecule has 0 atom stereocenters. The van der Waals surface area contributed by atoms with Gasteiger partial charge in [-0.25, -0.2) is 4.79 Å². The van der Waals surface area contributed by atoms with E-state index in [-0.39, 0.29) is 6.09 Å². The zero-order valence-electron chi connectivity index (χ0n) is 7.46. The van der Waals surface area contributed by atoms with Gasteiger partial charge in [0.25, 0.3) is 0 Å². The highest BCUT2D eigenvalue weighted by Crippen LogP contribution is 1.95. The minimum Gasteiger partial charge on any atom is -0.449 e. The Balaban J connectivity index is 3.52. The van der Waals surface area contributed by atoms with Gasteiger partial charge in [0.1, 0.15) is 0 Å². The van der Waals surface area contributed by atoms with Crippen LogP contribution in [0.4, 0.5) is 4.79 Å². The minimum atomic E-state index is -0.297. The fourth-order valence-electron chi connectivity index (χ4n) is 0.439. The fourth-order valence-corrected chi connectivity index (χ4v) is 0.439. The summed E-state index contributed by atoms with van der Waals surface area (Å²) >= 11 is 0. The Morgan fingerprint density at radius 3 is 2.55 bits per heavy atom. The molecule has 3 nitrogen and oxygen atoms in total. The third-order valence-electron chi connectivity index (χ3n) is 1.19. The molecule has 0 unspecified atom stereocenters. The zero-order valence-corrected chi connectivity index (χ0v) is 7.46. The summed E-state index contributed by atoms with van der Waals surface area (Å²) in [6.45, 7) is 8.47. The lowest BCUT2D eigenvalue weighted by Gasteiger charge is -2.15. The molecule has 0 fully saturated rings. The van der Waals surface area contributed by atoms with E-state index >= 15 is 0 Å². The molecular formula is C8H16NO2. The topological polar surface area (TPSA) is 29.5 Å². The summed E-state index contributed by atoms with van der Waals surface area (Å²) in [5.74, 6) is 0.386. The third-order valence-corrected chi connectivity index (χ3v) is 1.19. The van der Waals surface area contributed by atoms with Crippen LogP contribution in [0.5, 0.6) is 0 Å². The lowest BCUT2D eigenvalue weighted by Crippen LogP contribution is -2.28. The van der Waals surface area contributed by atoms with Crippen LogP contribution in [0, 0.1) is 12.8 Å². The van der Waals surface area contributed by atoms with Crippen LogP contribution in [-0.2, 0) is 4.74 Å². The monoisotopic (exact) mass is 158 g/mol. The SMILES string of the molecule is [CH2]CN(C)C(=O)OCC(C)C. The number of nitrogens with zero attached hydrogens (tertiary/aromatic N) is 1. The van der Waals surface area contributed by atoms with Gasteiger partial charge in [-0.05, 0) is 12.8 Å². The van der Waals surface area contributed by atoms with Gasteiger partial charge in [0.05, 0.1) is 6.61 Å². The maximum atomic E-state index is 10.9. The average molecular weight is 158 g/mol. The van der Waals surface area contributed by atoms with E-state index < -0.39 is 0 Å². The number of carbonyl (C=O) groups excluding carboxylic acids is 1. The summed E-state index contributed by atoms with van der Waals surface area (Å²) in [4.78, 5) is 12.4. The van der Waals surface area contributed by atoms with Crippen LogP contribution in [0.15, 0.2) is 0 Å². The van der Waals surface area contributed by atoms with Crippen molar-refractivity contribution in [2.45, 2.75) is 13.8 Å². The van der Waals surface area contributed by atoms with E-state index in [1.165, 1.54) is 4.90 Å². The fraction of sp³-hybridized carbons (Fsp3) is 0.750. The van der Waals surface area contributed by atoms with Crippen molar-refractivity contribution in [3.05, 3.63) is 6.92 Å². The van der Waals surface area contributed by atoms with Crippen LogP contribution >= 0.6 is 0 Å². The largest absolute Gasteiger partial charge is 0.449 e. The summed E-state index contributed by atoms with van der Waals surface area (Å²) < 4.78 is 4.90. The van der Waals surface area contributed by atoms with Crippen molar-refractivity contribution in [3.8, 4) is 0 Å². The van der Waals surface area contributed by atoms with E-state index in [4.69, 9.17) is 4.74 Å². The van der Waals surface area contributed by atoms with E-state index in [9.17, 15) is 4.79 Å². The van der Waals surface area contributed by atoms with E-state index in [0.29, 0.717) is 19.1 Å². The number of carbonyl (C=O) groups is 1. The number of amides is 1. The van der Waals surface area contributed by atoms with Crippen molar-refractivity contribution < 1.29 is 9.53 Å². The molecule has 0 saturated carbocycles. The number of ether oxygens (including phenoxy) is 1. The van der Waals surface area contributed by atoms with E-state index in [2.05, 4.69) is 6.92 Å². The maximum absolute atomic E-state index is 10.9. The second kappa shape index (κ2) is 4.99. The highest BCUT2D eigenvalue weighted by molar-refractivity contribution is 5.67. The molecule has 0 aliphatic rings. The molecule has 0 aliphatic heterocycles. The molecule has 0 N–H and O–H groups in total. The molecule has 1 amide bonds. The number of rotatable bonds is 3. The predicted octanol–water partition coefficient (Wildman–Crippen LogP) is 1.54. The van der Waals surface area contributed by atoms with Gasteiger partial charge in [-0.3, -0.25) is 0 Å². The zero-order chi connectivity index (χ0) is 8.85. The van der Waals surface area contributed by atoms with Gasteiger partial charge in [-0.1, -0.05) is 13.8 Å². The molecule has 0 aromatic rings. The molecule has 1 radical (unpaired) electrons. The summed E-state index contributed by atoms with van der Waals surface area (Å²) in [7, 11) is 1.66. The highest BCUT2D eigenvalue weighted by atomic mass is 16.6. The van der Waals surface area contributed by atoms with Crippen molar-refractivity contribution in [2.24, 2.45) is 5.92 Å². The number of hydrogen-bond donors (Lipinski definition) is 0. The van der Waals surface area contributed by atoms with Crippen LogP contribution < -0.4 is 0 Å². The lowest BCUT2D eigenvalue weighted by molar-refractivity contribution is 0.103. The van der Waals surface area contributed by atoms with Gasteiger partial charge in [-0.2, -0.15) is 0 Å². The number of hydrogen-bond acceptors (Lipinski definition) is 2. The standard InChI is InChI=1S/C8H16NO2/c1-5-9(4)8(10)11-6-7(2)3/h7H,1,5-6H2,2-4H3. The molecule has 0 aliphatic carbocycles. The summed E-state index contributed by atoms with van der Waals surface area (Å²) in [5, 5.41) is 0. The normalized spacial score (nSPS) is 9.91. The minimum absolute atomic E-state index is 0.297. The van der Waals surface area contributed by atoms with Gasteiger partial charge >= 0.3 is 6.09 Å². The molecule has 3 heteroatoms. The van der Waals surface area contributed by atoms with E-state index in [1.807, 2.05) is 13.8 Å². The smallest absolute Gasteiger partial charge is 0.409 e. The first kappa shape index (κ1) is 10.3. The van der Waals surface area contributed by atoms with Gasteiger partial charge in [0.2, 0.25) is 0 Å². The Hall–Kier alpha value is -0.730. The highest BCUT2D eigenvalue weighted by Gasteiger charge is 2.07. The summed E-state index contributed by atoms with van der Waals surface area (Å²) in [6, 6.07) is 0. The summed E-state index contributed by atoms with van der Waals surface area (Å²) in [5.41, 5.74) is 0. The van der Waals surface area contributed by atoms with Crippen molar-refractivity contribution >= 4 is 6.09 Å². The van der Waals surface area contributed by atoms with Crippen molar-refractivity contribution in [2.75, 3.05) is 20.2 Å². The Morgan fingerprint density at radius 1 is 1.64 bits per heavy atom. The maximum Gasteiger partial charge on any atom is 0.409 e. The van der Waals surface area contributed by atoms with E-state index in [1.54, 1.807) is 7.05 Å². The van der Waals surface area contributed by atoms with Crippen LogP contribution in [0.1, 0.15) is 13.8 Å². The lowest BCUT2D eigenvalue weighted by atomic mass is 10.2. The molecule has 65 valence electrons.